The molecular weight excluding hydrogens is 248 g/mol. The van der Waals surface area contributed by atoms with Gasteiger partial charge in [0.1, 0.15) is 5.69 Å². The van der Waals surface area contributed by atoms with Crippen molar-refractivity contribution < 1.29 is 4.79 Å². The minimum atomic E-state index is -0.218. The quantitative estimate of drug-likeness (QED) is 0.923. The van der Waals surface area contributed by atoms with Crippen molar-refractivity contribution >= 4 is 23.1 Å². The van der Waals surface area contributed by atoms with Gasteiger partial charge < -0.3 is 5.32 Å². The monoisotopic (exact) mass is 264 g/mol. The first-order valence-corrected chi connectivity index (χ1v) is 6.81. The van der Waals surface area contributed by atoms with Crippen molar-refractivity contribution in [3.05, 3.63) is 28.3 Å². The van der Waals surface area contributed by atoms with E-state index in [1.54, 1.807) is 10.9 Å². The lowest BCUT2D eigenvalue weighted by Crippen LogP contribution is -2.13. The van der Waals surface area contributed by atoms with Crippen LogP contribution in [0.25, 0.3) is 0 Å². The zero-order valence-electron chi connectivity index (χ0n) is 10.7. The fourth-order valence-electron chi connectivity index (χ4n) is 1.67. The Morgan fingerprint density at radius 2 is 2.39 bits per heavy atom. The molecule has 18 heavy (non-hydrogen) atoms. The van der Waals surface area contributed by atoms with E-state index in [-0.39, 0.29) is 5.91 Å². The van der Waals surface area contributed by atoms with Crippen LogP contribution in [0.2, 0.25) is 0 Å². The van der Waals surface area contributed by atoms with Crippen LogP contribution in [0.1, 0.15) is 42.5 Å². The number of nitrogens with zero attached hydrogens (tertiary/aromatic N) is 3. The van der Waals surface area contributed by atoms with Gasteiger partial charge in [0.15, 0.2) is 5.82 Å². The van der Waals surface area contributed by atoms with Crippen LogP contribution in [-0.2, 0) is 0 Å². The standard InChI is InChI=1S/C12H16N4OS/c1-4-8(2)16-9(3)5-11(15-16)14-12(17)10-6-18-7-13-10/h5-8H,4H2,1-3H3,(H,14,15,17). The average molecular weight is 264 g/mol. The number of nitrogens with one attached hydrogen (secondary N) is 1. The smallest absolute Gasteiger partial charge is 0.276 e. The number of hydrogen-bond donors (Lipinski definition) is 1. The summed E-state index contributed by atoms with van der Waals surface area (Å²) in [6, 6.07) is 2.20. The van der Waals surface area contributed by atoms with Gasteiger partial charge in [-0.1, -0.05) is 6.92 Å². The molecule has 0 aliphatic heterocycles. The predicted octanol–water partition coefficient (Wildman–Crippen LogP) is 2.87. The number of hydrogen-bond acceptors (Lipinski definition) is 4. The zero-order valence-corrected chi connectivity index (χ0v) is 11.5. The molecule has 0 fully saturated rings. The average Bonchev–Trinajstić information content (AvgIpc) is 2.97. The maximum Gasteiger partial charge on any atom is 0.276 e. The zero-order chi connectivity index (χ0) is 13.1. The third kappa shape index (κ3) is 2.59. The lowest BCUT2D eigenvalue weighted by Gasteiger charge is -2.10. The van der Waals surface area contributed by atoms with Gasteiger partial charge in [0.05, 0.1) is 5.51 Å². The topological polar surface area (TPSA) is 59.8 Å². The fraction of sp³-hybridized carbons (Fsp3) is 0.417. The van der Waals surface area contributed by atoms with Crippen LogP contribution in [0.3, 0.4) is 0 Å². The minimum absolute atomic E-state index is 0.218. The summed E-state index contributed by atoms with van der Waals surface area (Å²) in [5.41, 5.74) is 3.10. The maximum atomic E-state index is 11.8. The number of aryl methyl sites for hydroxylation is 1. The molecule has 1 amide bonds. The van der Waals surface area contributed by atoms with Crippen LogP contribution >= 0.6 is 11.3 Å². The normalized spacial score (nSPS) is 12.4. The highest BCUT2D eigenvalue weighted by Crippen LogP contribution is 2.17. The van der Waals surface area contributed by atoms with E-state index in [1.165, 1.54) is 11.3 Å². The molecule has 0 aromatic carbocycles. The van der Waals surface area contributed by atoms with Crippen LogP contribution < -0.4 is 5.32 Å². The second-order valence-corrected chi connectivity index (χ2v) is 4.92. The summed E-state index contributed by atoms with van der Waals surface area (Å²) < 4.78 is 1.93. The van der Waals surface area contributed by atoms with E-state index in [0.717, 1.165) is 12.1 Å². The molecular formula is C12H16N4OS. The van der Waals surface area contributed by atoms with Crippen molar-refractivity contribution in [2.45, 2.75) is 33.2 Å². The number of rotatable bonds is 4. The highest BCUT2D eigenvalue weighted by molar-refractivity contribution is 7.07. The van der Waals surface area contributed by atoms with Gasteiger partial charge in [-0.15, -0.1) is 11.3 Å². The number of anilines is 1. The van der Waals surface area contributed by atoms with Gasteiger partial charge in [-0.25, -0.2) is 4.98 Å². The largest absolute Gasteiger partial charge is 0.304 e. The van der Waals surface area contributed by atoms with E-state index in [2.05, 4.69) is 29.2 Å². The number of carbonyl (C=O) groups is 1. The lowest BCUT2D eigenvalue weighted by molar-refractivity contribution is 0.102. The van der Waals surface area contributed by atoms with Crippen molar-refractivity contribution in [3.63, 3.8) is 0 Å². The number of aromatic nitrogens is 3. The molecule has 0 saturated heterocycles. The Labute approximate surface area is 110 Å². The van der Waals surface area contributed by atoms with Gasteiger partial charge >= 0.3 is 0 Å². The summed E-state index contributed by atoms with van der Waals surface area (Å²) in [6.45, 7) is 6.20. The summed E-state index contributed by atoms with van der Waals surface area (Å²) in [5, 5.41) is 8.86. The molecule has 2 heterocycles. The minimum Gasteiger partial charge on any atom is -0.304 e. The SMILES string of the molecule is CCC(C)n1nc(NC(=O)c2cscn2)cc1C. The first-order chi connectivity index (χ1) is 8.61. The summed E-state index contributed by atoms with van der Waals surface area (Å²) in [5.74, 6) is 0.357. The molecule has 5 nitrogen and oxygen atoms in total. The second-order valence-electron chi connectivity index (χ2n) is 4.20. The molecule has 0 bridgehead atoms. The molecule has 0 aliphatic rings. The Morgan fingerprint density at radius 1 is 1.61 bits per heavy atom. The van der Waals surface area contributed by atoms with E-state index in [0.29, 0.717) is 17.6 Å². The summed E-state index contributed by atoms with van der Waals surface area (Å²) >= 11 is 1.40. The summed E-state index contributed by atoms with van der Waals surface area (Å²) in [4.78, 5) is 15.8. The molecule has 96 valence electrons. The molecule has 0 saturated carbocycles. The Morgan fingerprint density at radius 3 is 3.00 bits per heavy atom. The van der Waals surface area contributed by atoms with Crippen LogP contribution in [0.4, 0.5) is 5.82 Å². The molecule has 1 unspecified atom stereocenters. The Balaban J connectivity index is 2.13. The van der Waals surface area contributed by atoms with Gasteiger partial charge in [0.2, 0.25) is 0 Å². The van der Waals surface area contributed by atoms with Crippen molar-refractivity contribution in [1.29, 1.82) is 0 Å². The summed E-state index contributed by atoms with van der Waals surface area (Å²) in [6.07, 6.45) is 1.00. The van der Waals surface area contributed by atoms with Crippen molar-refractivity contribution in [2.75, 3.05) is 5.32 Å². The van der Waals surface area contributed by atoms with Crippen LogP contribution in [0, 0.1) is 6.92 Å². The third-order valence-corrected chi connectivity index (χ3v) is 3.42. The highest BCUT2D eigenvalue weighted by atomic mass is 32.1. The summed E-state index contributed by atoms with van der Waals surface area (Å²) in [7, 11) is 0. The van der Waals surface area contributed by atoms with Crippen molar-refractivity contribution in [1.82, 2.24) is 14.8 Å². The van der Waals surface area contributed by atoms with Gasteiger partial charge in [0.25, 0.3) is 5.91 Å². The van der Waals surface area contributed by atoms with Gasteiger partial charge in [0, 0.05) is 23.2 Å². The van der Waals surface area contributed by atoms with Gasteiger partial charge in [-0.05, 0) is 20.3 Å². The number of carbonyl (C=O) groups excluding carboxylic acids is 1. The Bertz CT molecular complexity index is 532. The van der Waals surface area contributed by atoms with E-state index in [4.69, 9.17) is 0 Å². The molecule has 2 aromatic rings. The van der Waals surface area contributed by atoms with Crippen LogP contribution in [0.15, 0.2) is 17.0 Å². The molecule has 6 heteroatoms. The van der Waals surface area contributed by atoms with E-state index < -0.39 is 0 Å². The molecule has 0 spiro atoms. The number of amides is 1. The molecule has 1 N–H and O–H groups in total. The van der Waals surface area contributed by atoms with Gasteiger partial charge in [-0.3, -0.25) is 9.48 Å². The van der Waals surface area contributed by atoms with E-state index in [9.17, 15) is 4.79 Å². The molecule has 0 aliphatic carbocycles. The predicted molar refractivity (Wildman–Crippen MR) is 72.0 cm³/mol. The lowest BCUT2D eigenvalue weighted by atomic mass is 10.2. The van der Waals surface area contributed by atoms with E-state index >= 15 is 0 Å². The molecule has 2 rings (SSSR count). The first-order valence-electron chi connectivity index (χ1n) is 5.87. The number of thiazole rings is 1. The maximum absolute atomic E-state index is 11.8. The van der Waals surface area contributed by atoms with Crippen molar-refractivity contribution in [2.24, 2.45) is 0 Å². The molecule has 2 aromatic heterocycles. The van der Waals surface area contributed by atoms with Crippen molar-refractivity contribution in [3.8, 4) is 0 Å². The van der Waals surface area contributed by atoms with Gasteiger partial charge in [-0.2, -0.15) is 5.10 Å². The Hall–Kier alpha value is -1.69. The fourth-order valence-corrected chi connectivity index (χ4v) is 2.21. The second kappa shape index (κ2) is 5.30. The highest BCUT2D eigenvalue weighted by Gasteiger charge is 2.13. The molecule has 0 radical (unpaired) electrons. The molecule has 1 atom stereocenters. The third-order valence-electron chi connectivity index (χ3n) is 2.84. The van der Waals surface area contributed by atoms with Crippen LogP contribution in [-0.4, -0.2) is 20.7 Å². The first kappa shape index (κ1) is 12.8. The Kier molecular flexibility index (Phi) is 3.76. The van der Waals surface area contributed by atoms with Crippen LogP contribution in [0.5, 0.6) is 0 Å². The van der Waals surface area contributed by atoms with E-state index in [1.807, 2.05) is 17.7 Å².